The molecule has 1 fully saturated rings. The molecule has 0 aromatic heterocycles. The van der Waals surface area contributed by atoms with Crippen molar-refractivity contribution in [2.45, 2.75) is 51.9 Å². The van der Waals surface area contributed by atoms with Crippen molar-refractivity contribution in [3.63, 3.8) is 0 Å². The summed E-state index contributed by atoms with van der Waals surface area (Å²) in [6.07, 6.45) is 0. The van der Waals surface area contributed by atoms with Crippen LogP contribution in [-0.4, -0.2) is 50.1 Å². The van der Waals surface area contributed by atoms with Crippen LogP contribution in [0, 0.1) is 0 Å². The zero-order chi connectivity index (χ0) is 13.7. The summed E-state index contributed by atoms with van der Waals surface area (Å²) in [6, 6.07) is 0. The number of rotatable bonds is 2. The van der Waals surface area contributed by atoms with Crippen LogP contribution in [-0.2, 0) is 13.3 Å². The molecule has 1 saturated heterocycles. The van der Waals surface area contributed by atoms with E-state index >= 15 is 0 Å². The molecule has 1 heterocycles. The van der Waals surface area contributed by atoms with E-state index in [0.29, 0.717) is 0 Å². The predicted molar refractivity (Wildman–Crippen MR) is 82.8 cm³/mol. The van der Waals surface area contributed by atoms with Gasteiger partial charge in [0.1, 0.15) is 7.11 Å². The van der Waals surface area contributed by atoms with Gasteiger partial charge in [0.25, 0.3) is 0 Å². The largest absolute Gasteiger partial charge is 0.416 e. The molecule has 1 unspecified atom stereocenters. The maximum Gasteiger partial charge on any atom is 0.340 e. The molecule has 0 N–H and O–H groups in total. The van der Waals surface area contributed by atoms with Gasteiger partial charge in [-0.1, -0.05) is 26.2 Å². The predicted octanol–water partition coefficient (Wildman–Crippen LogP) is 2.54. The molecule has 3 nitrogen and oxygen atoms in total. The van der Waals surface area contributed by atoms with E-state index in [0.717, 1.165) is 0 Å². The molecule has 0 spiro atoms. The summed E-state index contributed by atoms with van der Waals surface area (Å²) in [4.78, 5) is 0. The van der Waals surface area contributed by atoms with Crippen LogP contribution in [0.1, 0.15) is 6.92 Å². The van der Waals surface area contributed by atoms with Crippen LogP contribution in [0.3, 0.4) is 0 Å². The molecule has 0 aliphatic carbocycles. The molecule has 102 valence electrons. The molecule has 0 saturated carbocycles. The highest BCUT2D eigenvalue weighted by molar-refractivity contribution is 7.82. The van der Waals surface area contributed by atoms with Crippen LogP contribution in [0.2, 0.25) is 39.3 Å². The summed E-state index contributed by atoms with van der Waals surface area (Å²) < 4.78 is 18.5. The van der Waals surface area contributed by atoms with Gasteiger partial charge in [-0.05, 0) is 20.0 Å². The van der Waals surface area contributed by atoms with Crippen molar-refractivity contribution in [3.8, 4) is 0 Å². The fraction of sp³-hybridized carbons (Fsp3) is 1.00. The molecule has 1 rings (SSSR count). The Balaban J connectivity index is 3.39. The lowest BCUT2D eigenvalue weighted by Gasteiger charge is -2.60. The van der Waals surface area contributed by atoms with Gasteiger partial charge in [0.15, 0.2) is 7.83 Å². The van der Waals surface area contributed by atoms with E-state index in [2.05, 4.69) is 46.2 Å². The van der Waals surface area contributed by atoms with Gasteiger partial charge < -0.3 is 13.3 Å². The fourth-order valence-corrected chi connectivity index (χ4v) is 65.2. The van der Waals surface area contributed by atoms with E-state index in [1.54, 1.807) is 0 Å². The molecule has 7 heteroatoms. The quantitative estimate of drug-likeness (QED) is 0.734. The molecule has 0 radical (unpaired) electrons. The molecular weight excluding hydrogens is 280 g/mol. The molecule has 0 bridgehead atoms. The van der Waals surface area contributed by atoms with Crippen molar-refractivity contribution >= 4 is 30.1 Å². The second-order valence-corrected chi connectivity index (χ2v) is 43.0. The molecule has 0 aromatic rings. The van der Waals surface area contributed by atoms with Crippen LogP contribution >= 0.6 is 0 Å². The highest BCUT2D eigenvalue weighted by Crippen LogP contribution is 2.43. The van der Waals surface area contributed by atoms with Gasteiger partial charge in [0, 0.05) is 14.2 Å². The third-order valence-corrected chi connectivity index (χ3v) is 65.5. The zero-order valence-electron chi connectivity index (χ0n) is 12.8. The minimum Gasteiger partial charge on any atom is -0.416 e. The van der Waals surface area contributed by atoms with Crippen molar-refractivity contribution in [2.75, 3.05) is 14.2 Å². The summed E-state index contributed by atoms with van der Waals surface area (Å²) >= 11 is 0. The first-order chi connectivity index (χ1) is 7.50. The minimum absolute atomic E-state index is 0.182. The van der Waals surface area contributed by atoms with E-state index in [9.17, 15) is 0 Å². The summed E-state index contributed by atoms with van der Waals surface area (Å²) in [6.45, 7) is 17.0. The van der Waals surface area contributed by atoms with Crippen molar-refractivity contribution in [2.24, 2.45) is 0 Å². The van der Waals surface area contributed by atoms with E-state index in [1.165, 1.54) is 0 Å². The fourth-order valence-electron chi connectivity index (χ4n) is 3.29. The monoisotopic (exact) mass is 308 g/mol. The Morgan fingerprint density at radius 3 is 1.59 bits per heavy atom. The van der Waals surface area contributed by atoms with Crippen molar-refractivity contribution in [3.05, 3.63) is 0 Å². The first kappa shape index (κ1) is 15.8. The maximum absolute atomic E-state index is 6.47. The van der Waals surface area contributed by atoms with Gasteiger partial charge in [-0.15, -0.1) is 0 Å². The number of hydrogen-bond donors (Lipinski definition) is 0. The number of hydrogen-bond acceptors (Lipinski definition) is 3. The molecule has 1 aliphatic rings. The van der Waals surface area contributed by atoms with Crippen LogP contribution < -0.4 is 0 Å². The van der Waals surface area contributed by atoms with Gasteiger partial charge in [0.2, 0.25) is 0 Å². The Labute approximate surface area is 110 Å². The van der Waals surface area contributed by atoms with Crippen LogP contribution in [0.25, 0.3) is 0 Å². The van der Waals surface area contributed by atoms with E-state index in [-0.39, 0.29) is 5.73 Å². The lowest BCUT2D eigenvalue weighted by Crippen LogP contribution is -2.90. The lowest BCUT2D eigenvalue weighted by molar-refractivity contribution is 0.176. The lowest BCUT2D eigenvalue weighted by atomic mass is 10.9. The Morgan fingerprint density at radius 2 is 1.24 bits per heavy atom. The molecular formula is C10H28O3Si4. The Morgan fingerprint density at radius 1 is 0.824 bits per heavy atom. The Bertz CT molecular complexity index is 300. The van der Waals surface area contributed by atoms with E-state index < -0.39 is 30.1 Å². The van der Waals surface area contributed by atoms with E-state index in [4.69, 9.17) is 13.3 Å². The standard InChI is InChI=1S/C10H28O3Si4/c1-10-13-14(4,5)15(6,7)16(8,9)17(10,11-2)12-3/h10H,1-9H3. The van der Waals surface area contributed by atoms with Gasteiger partial charge in [-0.3, -0.25) is 0 Å². The molecule has 17 heavy (non-hydrogen) atoms. The summed E-state index contributed by atoms with van der Waals surface area (Å²) in [5.74, 6) is 0. The second kappa shape index (κ2) is 4.39. The summed E-state index contributed by atoms with van der Waals surface area (Å²) in [5.41, 5.74) is 0.182. The smallest absolute Gasteiger partial charge is 0.340 e. The second-order valence-electron chi connectivity index (χ2n) is 6.60. The first-order valence-corrected chi connectivity index (χ1v) is 20.1. The third kappa shape index (κ3) is 1.82. The van der Waals surface area contributed by atoms with Crippen LogP contribution in [0.5, 0.6) is 0 Å². The first-order valence-electron chi connectivity index (χ1n) is 6.28. The van der Waals surface area contributed by atoms with Gasteiger partial charge in [-0.25, -0.2) is 0 Å². The summed E-state index contributed by atoms with van der Waals surface area (Å²) in [7, 11) is -3.00. The Hall–Kier alpha value is 0.748. The molecule has 0 aromatic carbocycles. The normalized spacial score (nSPS) is 33.4. The van der Waals surface area contributed by atoms with Crippen LogP contribution in [0.4, 0.5) is 0 Å². The highest BCUT2D eigenvalue weighted by atomic mass is 29.8. The Kier molecular flexibility index (Phi) is 4.08. The highest BCUT2D eigenvalue weighted by Gasteiger charge is 2.72. The molecule has 0 amide bonds. The molecule has 1 atom stereocenters. The van der Waals surface area contributed by atoms with Crippen molar-refractivity contribution in [1.82, 2.24) is 0 Å². The minimum atomic E-state index is -2.17. The SMILES string of the molecule is CO[Si]1(OC)C(C)O[Si](C)(C)[Si](C)(C)[Si]1(C)C. The van der Waals surface area contributed by atoms with Crippen LogP contribution in [0.15, 0.2) is 0 Å². The third-order valence-electron chi connectivity index (χ3n) is 5.55. The van der Waals surface area contributed by atoms with Gasteiger partial charge in [-0.2, -0.15) is 0 Å². The zero-order valence-corrected chi connectivity index (χ0v) is 16.8. The van der Waals surface area contributed by atoms with Crippen molar-refractivity contribution < 1.29 is 13.3 Å². The van der Waals surface area contributed by atoms with Gasteiger partial charge in [0.05, 0.1) is 12.8 Å². The van der Waals surface area contributed by atoms with Gasteiger partial charge >= 0.3 is 8.08 Å². The van der Waals surface area contributed by atoms with E-state index in [1.807, 2.05) is 14.2 Å². The topological polar surface area (TPSA) is 27.7 Å². The maximum atomic E-state index is 6.47. The molecule has 1 aliphatic heterocycles. The summed E-state index contributed by atoms with van der Waals surface area (Å²) in [5, 5.41) is 0. The average Bonchev–Trinajstić information content (AvgIpc) is 2.17. The van der Waals surface area contributed by atoms with Crippen molar-refractivity contribution in [1.29, 1.82) is 0 Å². The average molecular weight is 309 g/mol.